The Balaban J connectivity index is 3.08. The van der Waals surface area contributed by atoms with Crippen LogP contribution in [0.25, 0.3) is 0 Å². The first kappa shape index (κ1) is 11.5. The molecule has 1 heterocycles. The lowest BCUT2D eigenvalue weighted by atomic mass is 10.1. The molecular formula is C10H14N4O. The zero-order valence-corrected chi connectivity index (χ0v) is 8.93. The molecule has 0 spiro atoms. The first-order valence-electron chi connectivity index (χ1n) is 4.99. The van der Waals surface area contributed by atoms with Crippen LogP contribution in [-0.2, 0) is 12.8 Å². The Morgan fingerprint density at radius 3 is 2.40 bits per heavy atom. The molecule has 0 aliphatic heterocycles. The number of rotatable bonds is 4. The maximum atomic E-state index is 8.94. The van der Waals surface area contributed by atoms with Crippen molar-refractivity contribution < 1.29 is 5.11 Å². The van der Waals surface area contributed by atoms with E-state index >= 15 is 0 Å². The quantitative estimate of drug-likeness (QED) is 0.779. The van der Waals surface area contributed by atoms with Crippen LogP contribution in [0.2, 0.25) is 0 Å². The summed E-state index contributed by atoms with van der Waals surface area (Å²) in [7, 11) is 0. The predicted octanol–water partition coefficient (Wildman–Crippen LogP) is 0.596. The van der Waals surface area contributed by atoms with E-state index < -0.39 is 5.92 Å². The fourth-order valence-electron chi connectivity index (χ4n) is 1.28. The summed E-state index contributed by atoms with van der Waals surface area (Å²) in [5.41, 5.74) is 1.71. The van der Waals surface area contributed by atoms with E-state index in [0.29, 0.717) is 5.82 Å². The SMILES string of the molecule is CCc1nnc(C(C#N)CO)nc1CC. The number of nitrogens with zero attached hydrogens (tertiary/aromatic N) is 4. The van der Waals surface area contributed by atoms with Gasteiger partial charge in [0.2, 0.25) is 0 Å². The standard InChI is InChI=1S/C10H14N4O/c1-3-8-9(4-2)13-14-10(12-8)7(5-11)6-15/h7,15H,3-4,6H2,1-2H3. The van der Waals surface area contributed by atoms with Crippen LogP contribution < -0.4 is 0 Å². The number of hydrogen-bond acceptors (Lipinski definition) is 5. The van der Waals surface area contributed by atoms with Gasteiger partial charge in [-0.25, -0.2) is 4.98 Å². The van der Waals surface area contributed by atoms with Gasteiger partial charge in [-0.1, -0.05) is 13.8 Å². The maximum Gasteiger partial charge on any atom is 0.170 e. The molecule has 80 valence electrons. The van der Waals surface area contributed by atoms with Crippen molar-refractivity contribution >= 4 is 0 Å². The van der Waals surface area contributed by atoms with Crippen molar-refractivity contribution in [1.29, 1.82) is 5.26 Å². The van der Waals surface area contributed by atoms with E-state index in [1.165, 1.54) is 0 Å². The Morgan fingerprint density at radius 2 is 1.93 bits per heavy atom. The van der Waals surface area contributed by atoms with Gasteiger partial charge in [0.15, 0.2) is 5.82 Å². The molecule has 1 aromatic heterocycles. The lowest BCUT2D eigenvalue weighted by Gasteiger charge is -2.07. The smallest absolute Gasteiger partial charge is 0.170 e. The fraction of sp³-hybridized carbons (Fsp3) is 0.600. The fourth-order valence-corrected chi connectivity index (χ4v) is 1.28. The second-order valence-corrected chi connectivity index (χ2v) is 3.13. The van der Waals surface area contributed by atoms with Gasteiger partial charge >= 0.3 is 0 Å². The molecule has 5 nitrogen and oxygen atoms in total. The zero-order valence-electron chi connectivity index (χ0n) is 8.93. The van der Waals surface area contributed by atoms with E-state index in [4.69, 9.17) is 10.4 Å². The highest BCUT2D eigenvalue weighted by Gasteiger charge is 2.15. The Morgan fingerprint density at radius 1 is 1.27 bits per heavy atom. The monoisotopic (exact) mass is 206 g/mol. The number of aryl methyl sites for hydroxylation is 2. The van der Waals surface area contributed by atoms with Crippen molar-refractivity contribution in [3.05, 3.63) is 17.2 Å². The van der Waals surface area contributed by atoms with Gasteiger partial charge in [-0.3, -0.25) is 0 Å². The third-order valence-corrected chi connectivity index (χ3v) is 2.18. The molecule has 5 heteroatoms. The molecule has 0 aromatic carbocycles. The molecule has 0 aliphatic carbocycles. The van der Waals surface area contributed by atoms with Crippen molar-refractivity contribution in [2.75, 3.05) is 6.61 Å². The molecule has 0 aliphatic rings. The second kappa shape index (κ2) is 5.37. The molecule has 0 bridgehead atoms. The first-order chi connectivity index (χ1) is 7.26. The molecule has 1 unspecified atom stereocenters. The lowest BCUT2D eigenvalue weighted by Crippen LogP contribution is -2.12. The lowest BCUT2D eigenvalue weighted by molar-refractivity contribution is 0.281. The minimum atomic E-state index is -0.672. The van der Waals surface area contributed by atoms with E-state index in [9.17, 15) is 0 Å². The summed E-state index contributed by atoms with van der Waals surface area (Å²) in [6.07, 6.45) is 1.54. The summed E-state index contributed by atoms with van der Waals surface area (Å²) in [5.74, 6) is -0.359. The van der Waals surface area contributed by atoms with Gasteiger partial charge in [0.05, 0.1) is 24.1 Å². The topological polar surface area (TPSA) is 82.7 Å². The maximum absolute atomic E-state index is 8.94. The van der Waals surface area contributed by atoms with Crippen molar-refractivity contribution in [2.24, 2.45) is 0 Å². The number of hydrogen-bond donors (Lipinski definition) is 1. The molecular weight excluding hydrogens is 192 g/mol. The number of aliphatic hydroxyl groups excluding tert-OH is 1. The molecule has 1 N–H and O–H groups in total. The Labute approximate surface area is 88.8 Å². The van der Waals surface area contributed by atoms with E-state index in [1.807, 2.05) is 19.9 Å². The van der Waals surface area contributed by atoms with E-state index in [2.05, 4.69) is 15.2 Å². The Bertz CT molecular complexity index is 372. The van der Waals surface area contributed by atoms with E-state index in [1.54, 1.807) is 0 Å². The van der Waals surface area contributed by atoms with E-state index in [-0.39, 0.29) is 6.61 Å². The van der Waals surface area contributed by atoms with Gasteiger partial charge in [0.25, 0.3) is 0 Å². The zero-order chi connectivity index (χ0) is 11.3. The van der Waals surface area contributed by atoms with Crippen LogP contribution in [-0.4, -0.2) is 26.9 Å². The molecule has 0 amide bonds. The summed E-state index contributed by atoms with van der Waals surface area (Å²) in [6, 6.07) is 1.94. The third-order valence-electron chi connectivity index (χ3n) is 2.18. The van der Waals surface area contributed by atoms with Gasteiger partial charge in [0, 0.05) is 0 Å². The molecule has 1 aromatic rings. The second-order valence-electron chi connectivity index (χ2n) is 3.13. The van der Waals surface area contributed by atoms with E-state index in [0.717, 1.165) is 24.2 Å². The highest BCUT2D eigenvalue weighted by molar-refractivity contribution is 5.14. The first-order valence-corrected chi connectivity index (χ1v) is 4.99. The molecule has 15 heavy (non-hydrogen) atoms. The minimum Gasteiger partial charge on any atom is -0.395 e. The van der Waals surface area contributed by atoms with Gasteiger partial charge in [0.1, 0.15) is 5.92 Å². The molecule has 0 saturated heterocycles. The van der Waals surface area contributed by atoms with Crippen LogP contribution in [0, 0.1) is 11.3 Å². The molecule has 0 saturated carbocycles. The van der Waals surface area contributed by atoms with Crippen LogP contribution >= 0.6 is 0 Å². The summed E-state index contributed by atoms with van der Waals surface area (Å²) in [4.78, 5) is 4.25. The van der Waals surface area contributed by atoms with Crippen molar-refractivity contribution in [1.82, 2.24) is 15.2 Å². The summed E-state index contributed by atoms with van der Waals surface area (Å²) in [5, 5.41) is 25.6. The van der Waals surface area contributed by atoms with Crippen LogP contribution in [0.15, 0.2) is 0 Å². The normalized spacial score (nSPS) is 12.1. The Kier molecular flexibility index (Phi) is 4.13. The third kappa shape index (κ3) is 2.48. The minimum absolute atomic E-state index is 0.271. The number of aliphatic hydroxyl groups is 1. The van der Waals surface area contributed by atoms with Gasteiger partial charge < -0.3 is 5.11 Å². The molecule has 1 atom stereocenters. The summed E-state index contributed by atoms with van der Waals surface area (Å²) >= 11 is 0. The molecule has 1 rings (SSSR count). The Hall–Kier alpha value is -1.54. The largest absolute Gasteiger partial charge is 0.395 e. The van der Waals surface area contributed by atoms with Crippen molar-refractivity contribution in [3.63, 3.8) is 0 Å². The van der Waals surface area contributed by atoms with Crippen LogP contribution in [0.3, 0.4) is 0 Å². The van der Waals surface area contributed by atoms with Crippen LogP contribution in [0.4, 0.5) is 0 Å². The van der Waals surface area contributed by atoms with Crippen molar-refractivity contribution in [3.8, 4) is 6.07 Å². The summed E-state index contributed by atoms with van der Waals surface area (Å²) in [6.45, 7) is 3.69. The van der Waals surface area contributed by atoms with Gasteiger partial charge in [-0.05, 0) is 12.8 Å². The molecule has 0 radical (unpaired) electrons. The number of nitriles is 1. The molecule has 0 fully saturated rings. The average molecular weight is 206 g/mol. The van der Waals surface area contributed by atoms with Gasteiger partial charge in [-0.2, -0.15) is 10.4 Å². The summed E-state index contributed by atoms with van der Waals surface area (Å²) < 4.78 is 0. The highest BCUT2D eigenvalue weighted by Crippen LogP contribution is 2.11. The average Bonchev–Trinajstić information content (AvgIpc) is 2.30. The van der Waals surface area contributed by atoms with Crippen molar-refractivity contribution in [2.45, 2.75) is 32.6 Å². The van der Waals surface area contributed by atoms with Gasteiger partial charge in [-0.15, -0.1) is 5.10 Å². The number of aromatic nitrogens is 3. The highest BCUT2D eigenvalue weighted by atomic mass is 16.3. The van der Waals surface area contributed by atoms with Crippen LogP contribution in [0.5, 0.6) is 0 Å². The van der Waals surface area contributed by atoms with Crippen LogP contribution in [0.1, 0.15) is 37.0 Å². The predicted molar refractivity (Wildman–Crippen MR) is 54.0 cm³/mol.